The van der Waals surface area contributed by atoms with Gasteiger partial charge in [0.2, 0.25) is 5.91 Å². The summed E-state index contributed by atoms with van der Waals surface area (Å²) in [6.07, 6.45) is -1.48. The van der Waals surface area contributed by atoms with Crippen molar-refractivity contribution in [1.29, 1.82) is 0 Å². The lowest BCUT2D eigenvalue weighted by molar-refractivity contribution is -0.312. The van der Waals surface area contributed by atoms with E-state index in [4.69, 9.17) is 23.7 Å². The lowest BCUT2D eigenvalue weighted by Gasteiger charge is -2.51. The summed E-state index contributed by atoms with van der Waals surface area (Å²) in [5.74, 6) is -0.0762. The fourth-order valence-corrected chi connectivity index (χ4v) is 5.92. The lowest BCUT2D eigenvalue weighted by Crippen LogP contribution is -2.70. The Morgan fingerprint density at radius 2 is 1.07 bits per heavy atom. The van der Waals surface area contributed by atoms with E-state index >= 15 is 0 Å². The van der Waals surface area contributed by atoms with Gasteiger partial charge >= 0.3 is 0 Å². The van der Waals surface area contributed by atoms with Gasteiger partial charge in [-0.3, -0.25) is 4.79 Å². The van der Waals surface area contributed by atoms with E-state index in [1.54, 1.807) is 0 Å². The van der Waals surface area contributed by atoms with Crippen molar-refractivity contribution in [3.63, 3.8) is 0 Å². The molecule has 0 bridgehead atoms. The smallest absolute Gasteiger partial charge is 0.222 e. The minimum Gasteiger partial charge on any atom is -0.374 e. The average molecular weight is 594 g/mol. The molecule has 6 rings (SSSR count). The highest BCUT2D eigenvalue weighted by Crippen LogP contribution is 2.40. The molecule has 2 saturated heterocycles. The molecular weight excluding hydrogens is 554 g/mol. The minimum absolute atomic E-state index is 0.0762. The third-order valence-electron chi connectivity index (χ3n) is 8.12. The number of amides is 1. The van der Waals surface area contributed by atoms with Crippen LogP contribution in [0, 0.1) is 0 Å². The summed E-state index contributed by atoms with van der Waals surface area (Å²) in [4.78, 5) is 12.8. The first-order chi connectivity index (χ1) is 21.7. The predicted octanol–water partition coefficient (Wildman–Crippen LogP) is 5.96. The molecule has 0 saturated carbocycles. The molecule has 0 radical (unpaired) electrons. The van der Waals surface area contributed by atoms with E-state index in [2.05, 4.69) is 5.32 Å². The summed E-state index contributed by atoms with van der Waals surface area (Å²) in [6.45, 7) is 1.72. The Kier molecular flexibility index (Phi) is 10.1. The lowest BCUT2D eigenvalue weighted by atomic mass is 9.88. The molecule has 0 aromatic heterocycles. The third kappa shape index (κ3) is 7.62. The molecule has 2 aliphatic rings. The Morgan fingerprint density at radius 3 is 1.55 bits per heavy atom. The summed E-state index contributed by atoms with van der Waals surface area (Å²) < 4.78 is 33.2. The molecule has 0 aliphatic carbocycles. The largest absolute Gasteiger partial charge is 0.374 e. The van der Waals surface area contributed by atoms with Crippen LogP contribution >= 0.6 is 0 Å². The van der Waals surface area contributed by atoms with Gasteiger partial charge in [0, 0.05) is 12.8 Å². The van der Waals surface area contributed by atoms with Crippen LogP contribution in [0.1, 0.15) is 35.1 Å². The molecule has 0 unspecified atom stereocenters. The molecule has 44 heavy (non-hydrogen) atoms. The zero-order chi connectivity index (χ0) is 30.0. The fourth-order valence-electron chi connectivity index (χ4n) is 5.92. The molecule has 1 N–H and O–H groups in total. The van der Waals surface area contributed by atoms with Crippen LogP contribution in [0.15, 0.2) is 121 Å². The van der Waals surface area contributed by atoms with Crippen LogP contribution < -0.4 is 5.32 Å². The van der Waals surface area contributed by atoms with Crippen LogP contribution in [0.5, 0.6) is 0 Å². The van der Waals surface area contributed by atoms with E-state index in [0.717, 1.165) is 22.3 Å². The van der Waals surface area contributed by atoms with Crippen LogP contribution in [0.3, 0.4) is 0 Å². The van der Waals surface area contributed by atoms with E-state index in [-0.39, 0.29) is 12.5 Å². The highest BCUT2D eigenvalue weighted by Gasteiger charge is 2.59. The van der Waals surface area contributed by atoms with Gasteiger partial charge in [0.15, 0.2) is 5.72 Å². The van der Waals surface area contributed by atoms with E-state index in [9.17, 15) is 4.79 Å². The maximum atomic E-state index is 12.8. The molecule has 4 aromatic rings. The maximum absolute atomic E-state index is 12.8. The summed E-state index contributed by atoms with van der Waals surface area (Å²) in [7, 11) is 0. The molecule has 2 fully saturated rings. The molecule has 1 amide bonds. The monoisotopic (exact) mass is 593 g/mol. The van der Waals surface area contributed by atoms with Crippen molar-refractivity contribution in [2.75, 3.05) is 6.61 Å². The molecule has 4 aromatic carbocycles. The summed E-state index contributed by atoms with van der Waals surface area (Å²) in [6, 6.07) is 40.1. The highest BCUT2D eigenvalue weighted by molar-refractivity contribution is 5.79. The van der Waals surface area contributed by atoms with Crippen LogP contribution in [-0.2, 0) is 54.9 Å². The van der Waals surface area contributed by atoms with Crippen molar-refractivity contribution >= 4 is 5.91 Å². The third-order valence-corrected chi connectivity index (χ3v) is 8.12. The van der Waals surface area contributed by atoms with Crippen LogP contribution in [0.4, 0.5) is 0 Å². The second-order valence-electron chi connectivity index (χ2n) is 11.3. The Labute approximate surface area is 259 Å². The van der Waals surface area contributed by atoms with Gasteiger partial charge in [-0.05, 0) is 22.3 Å². The fraction of sp³-hybridized carbons (Fsp3) is 0.324. The molecule has 228 valence electrons. The number of benzene rings is 4. The van der Waals surface area contributed by atoms with Gasteiger partial charge in [0.1, 0.15) is 24.4 Å². The number of carbonyl (C=O) groups excluding carboxylic acids is 1. The number of ether oxygens (including phenoxy) is 5. The van der Waals surface area contributed by atoms with Crippen molar-refractivity contribution in [2.45, 2.75) is 69.4 Å². The standard InChI is InChI=1S/C37H39NO6/c39-33-21-22-37(38-33)36(43-26-31-19-11-4-12-20-31)35(42-25-30-17-9-3-10-18-30)34(41-24-29-15-7-2-8-16-29)32(44-37)27-40-23-28-13-5-1-6-14-28/h1-20,32,34-36H,21-27H2,(H,38,39)/t32-,34-,35+,36-,37-/m1/s1. The van der Waals surface area contributed by atoms with Gasteiger partial charge in [-0.2, -0.15) is 0 Å². The zero-order valence-corrected chi connectivity index (χ0v) is 24.8. The second kappa shape index (κ2) is 14.8. The van der Waals surface area contributed by atoms with Crippen molar-refractivity contribution < 1.29 is 28.5 Å². The zero-order valence-electron chi connectivity index (χ0n) is 24.8. The van der Waals surface area contributed by atoms with Gasteiger partial charge in [0.05, 0.1) is 33.0 Å². The first kappa shape index (κ1) is 30.2. The number of nitrogens with one attached hydrogen (secondary N) is 1. The molecular formula is C37H39NO6. The van der Waals surface area contributed by atoms with E-state index < -0.39 is 30.1 Å². The normalized spacial score (nSPS) is 24.8. The topological polar surface area (TPSA) is 75.3 Å². The number of hydrogen-bond donors (Lipinski definition) is 1. The van der Waals surface area contributed by atoms with Crippen LogP contribution in [-0.4, -0.2) is 42.7 Å². The SMILES string of the molecule is O=C1CC[C@@]2(N1)O[C@H](COCc1ccccc1)[C@@H](OCc1ccccc1)[C@H](OCc1ccccc1)[C@H]2OCc1ccccc1. The Bertz CT molecular complexity index is 1440. The Balaban J connectivity index is 1.31. The number of carbonyl (C=O) groups is 1. The first-order valence-electron chi connectivity index (χ1n) is 15.3. The van der Waals surface area contributed by atoms with Crippen LogP contribution in [0.25, 0.3) is 0 Å². The maximum Gasteiger partial charge on any atom is 0.222 e. The van der Waals surface area contributed by atoms with Crippen molar-refractivity contribution in [3.05, 3.63) is 144 Å². The van der Waals surface area contributed by atoms with E-state index in [1.807, 2.05) is 121 Å². The quantitative estimate of drug-likeness (QED) is 0.206. The molecule has 1 spiro atoms. The summed E-state index contributed by atoms with van der Waals surface area (Å²) in [5, 5.41) is 3.14. The van der Waals surface area contributed by atoms with Crippen molar-refractivity contribution in [2.24, 2.45) is 0 Å². The van der Waals surface area contributed by atoms with Crippen molar-refractivity contribution in [1.82, 2.24) is 5.32 Å². The van der Waals surface area contributed by atoms with Crippen molar-refractivity contribution in [3.8, 4) is 0 Å². The summed E-state index contributed by atoms with van der Waals surface area (Å²) >= 11 is 0. The Hall–Kier alpha value is -3.85. The van der Waals surface area contributed by atoms with Gasteiger partial charge in [-0.25, -0.2) is 0 Å². The van der Waals surface area contributed by atoms with Gasteiger partial charge in [-0.1, -0.05) is 121 Å². The van der Waals surface area contributed by atoms with E-state index in [1.165, 1.54) is 0 Å². The first-order valence-corrected chi connectivity index (χ1v) is 15.3. The number of rotatable bonds is 13. The molecule has 7 nitrogen and oxygen atoms in total. The summed E-state index contributed by atoms with van der Waals surface area (Å²) in [5.41, 5.74) is 3.07. The minimum atomic E-state index is -1.08. The second-order valence-corrected chi connectivity index (χ2v) is 11.3. The van der Waals surface area contributed by atoms with E-state index in [0.29, 0.717) is 39.3 Å². The molecule has 5 atom stereocenters. The predicted molar refractivity (Wildman–Crippen MR) is 166 cm³/mol. The average Bonchev–Trinajstić information content (AvgIpc) is 3.44. The van der Waals surface area contributed by atoms with Gasteiger partial charge in [0.25, 0.3) is 0 Å². The van der Waals surface area contributed by atoms with Crippen LogP contribution in [0.2, 0.25) is 0 Å². The highest BCUT2D eigenvalue weighted by atomic mass is 16.6. The number of hydrogen-bond acceptors (Lipinski definition) is 6. The molecule has 2 heterocycles. The molecule has 7 heteroatoms. The van der Waals surface area contributed by atoms with Gasteiger partial charge < -0.3 is 29.0 Å². The van der Waals surface area contributed by atoms with Gasteiger partial charge in [-0.15, -0.1) is 0 Å². The Morgan fingerprint density at radius 1 is 0.614 bits per heavy atom. The molecule has 2 aliphatic heterocycles.